The minimum atomic E-state index is -4.57. The average molecular weight is 899 g/mol. The van der Waals surface area contributed by atoms with Crippen LogP contribution in [0, 0.1) is 23.7 Å². The number of methoxy groups -OCH3 is 2. The van der Waals surface area contributed by atoms with Crippen molar-refractivity contribution in [3.05, 3.63) is 72.3 Å². The molecule has 0 radical (unpaired) electrons. The minimum Gasteiger partial charge on any atom is -0.453 e. The molecular weight excluding hydrogens is 851 g/mol. The maximum Gasteiger partial charge on any atom is 0.407 e. The van der Waals surface area contributed by atoms with Crippen molar-refractivity contribution < 1.29 is 55.0 Å². The van der Waals surface area contributed by atoms with Crippen LogP contribution in [0.4, 0.5) is 35.9 Å². The first kappa shape index (κ1) is 45.7. The molecule has 0 bridgehead atoms. The number of carbonyl (C=O) groups excluding carboxylic acids is 4. The fourth-order valence-corrected chi connectivity index (χ4v) is 8.50. The molecule has 7 rings (SSSR count). The van der Waals surface area contributed by atoms with Gasteiger partial charge in [0, 0.05) is 13.1 Å². The molecule has 2 saturated heterocycles. The first-order chi connectivity index (χ1) is 30.2. The number of alkyl halides is 6. The minimum absolute atomic E-state index is 0.184. The van der Waals surface area contributed by atoms with Crippen LogP contribution in [0.3, 0.4) is 0 Å². The normalized spacial score (nSPS) is 20.3. The van der Waals surface area contributed by atoms with Crippen molar-refractivity contribution in [3.8, 4) is 22.3 Å². The number of rotatable bonds is 10. The molecule has 20 heteroatoms. The van der Waals surface area contributed by atoms with Gasteiger partial charge in [-0.15, -0.1) is 0 Å². The quantitative estimate of drug-likeness (QED) is 0.101. The zero-order valence-electron chi connectivity index (χ0n) is 35.7. The van der Waals surface area contributed by atoms with Crippen LogP contribution in [0.2, 0.25) is 0 Å². The standard InChI is InChI=1S/C44H48F6N8O6/c1-21(2)35(55-41(61)63-5)39(59)57-19-27(43(45,46)47)17-33(57)37-51-29-13-11-25(15-31(29)53-37)23-7-9-24(10-8-23)26-12-14-30-32(16-26)54-38(52-30)34-18-28(44(48,49)50)20-58(34)40(60)36(22(3)4)56-42(62)64-6/h7-16,21-22,27-28,33-36H,17-20H2,1-6H3,(H,51,53)(H,52,54)(H,55,61)(H,56,62)/t27-,28-,33-,34-,35-,36?/m0/s1. The molecule has 14 nitrogen and oxygen atoms in total. The summed E-state index contributed by atoms with van der Waals surface area (Å²) in [5.74, 6) is -5.49. The predicted octanol–water partition coefficient (Wildman–Crippen LogP) is 8.44. The summed E-state index contributed by atoms with van der Waals surface area (Å²) >= 11 is 0. The van der Waals surface area contributed by atoms with Crippen molar-refractivity contribution >= 4 is 46.1 Å². The van der Waals surface area contributed by atoms with Crippen LogP contribution in [0.25, 0.3) is 44.3 Å². The number of hydrogen-bond donors (Lipinski definition) is 4. The first-order valence-electron chi connectivity index (χ1n) is 20.7. The van der Waals surface area contributed by atoms with Crippen molar-refractivity contribution in [1.29, 1.82) is 0 Å². The van der Waals surface area contributed by atoms with Crippen molar-refractivity contribution in [3.63, 3.8) is 0 Å². The van der Waals surface area contributed by atoms with Gasteiger partial charge in [0.2, 0.25) is 11.8 Å². The molecule has 4 heterocycles. The number of nitrogens with zero attached hydrogens (tertiary/aromatic N) is 4. The number of H-pyrrole nitrogens is 2. The summed E-state index contributed by atoms with van der Waals surface area (Å²) in [6, 6.07) is 13.9. The molecule has 64 heavy (non-hydrogen) atoms. The van der Waals surface area contributed by atoms with Crippen molar-refractivity contribution in [2.45, 2.75) is 77.1 Å². The number of ether oxygens (including phenoxy) is 2. The number of amides is 4. The number of benzene rings is 3. The van der Waals surface area contributed by atoms with Crippen molar-refractivity contribution in [1.82, 2.24) is 40.4 Å². The Bertz CT molecular complexity index is 2360. The number of likely N-dealkylation sites (tertiary alicyclic amines) is 2. The van der Waals surface area contributed by atoms with Crippen LogP contribution < -0.4 is 10.6 Å². The summed E-state index contributed by atoms with van der Waals surface area (Å²) < 4.78 is 93.7. The molecule has 2 aliphatic rings. The highest BCUT2D eigenvalue weighted by atomic mass is 19.4. The largest absolute Gasteiger partial charge is 0.453 e. The van der Waals surface area contributed by atoms with Gasteiger partial charge in [0.1, 0.15) is 23.7 Å². The van der Waals surface area contributed by atoms with E-state index in [1.807, 2.05) is 48.5 Å². The van der Waals surface area contributed by atoms with Gasteiger partial charge in [-0.05, 0) is 71.2 Å². The molecule has 4 N–H and O–H groups in total. The lowest BCUT2D eigenvalue weighted by Crippen LogP contribution is -2.51. The molecule has 6 atom stereocenters. The van der Waals surface area contributed by atoms with Crippen molar-refractivity contribution in [2.75, 3.05) is 27.3 Å². The average Bonchev–Trinajstić information content (AvgIpc) is 4.07. The molecule has 1 unspecified atom stereocenters. The number of aromatic nitrogens is 4. The second-order valence-corrected chi connectivity index (χ2v) is 17.0. The Morgan fingerprint density at radius 3 is 1.27 bits per heavy atom. The molecule has 0 spiro atoms. The Kier molecular flexibility index (Phi) is 12.6. The van der Waals surface area contributed by atoms with E-state index >= 15 is 0 Å². The van der Waals surface area contributed by atoms with Crippen LogP contribution >= 0.6 is 0 Å². The van der Waals surface area contributed by atoms with Crippen LogP contribution in [-0.2, 0) is 19.1 Å². The summed E-state index contributed by atoms with van der Waals surface area (Å²) in [5.41, 5.74) is 5.20. The van der Waals surface area contributed by atoms with Crippen LogP contribution in [0.1, 0.15) is 64.3 Å². The highest BCUT2D eigenvalue weighted by Crippen LogP contribution is 2.45. The summed E-state index contributed by atoms with van der Waals surface area (Å²) in [7, 11) is 2.26. The van der Waals surface area contributed by atoms with E-state index in [2.05, 4.69) is 40.0 Å². The lowest BCUT2D eigenvalue weighted by molar-refractivity contribution is -0.172. The highest BCUT2D eigenvalue weighted by molar-refractivity contribution is 5.88. The zero-order chi connectivity index (χ0) is 46.4. The highest BCUT2D eigenvalue weighted by Gasteiger charge is 2.52. The molecule has 4 amide bonds. The van der Waals surface area contributed by atoms with Gasteiger partial charge in [-0.1, -0.05) is 64.1 Å². The summed E-state index contributed by atoms with van der Waals surface area (Å²) in [4.78, 5) is 69.3. The van der Waals surface area contributed by atoms with E-state index in [9.17, 15) is 45.5 Å². The molecule has 2 fully saturated rings. The number of imidazole rings is 2. The van der Waals surface area contributed by atoms with Gasteiger partial charge in [-0.3, -0.25) is 9.59 Å². The second kappa shape index (κ2) is 17.7. The third-order valence-corrected chi connectivity index (χ3v) is 12.1. The maximum absolute atomic E-state index is 14.1. The molecule has 5 aromatic rings. The molecule has 2 aromatic heterocycles. The van der Waals surface area contributed by atoms with Gasteiger partial charge in [0.25, 0.3) is 0 Å². The third-order valence-electron chi connectivity index (χ3n) is 12.1. The van der Waals surface area contributed by atoms with E-state index in [4.69, 9.17) is 0 Å². The van der Waals surface area contributed by atoms with Crippen LogP contribution in [0.15, 0.2) is 60.7 Å². The Labute approximate surface area is 363 Å². The molecule has 0 aliphatic carbocycles. The Morgan fingerprint density at radius 1 is 0.609 bits per heavy atom. The SMILES string of the molecule is COC(=O)NC(C(=O)N1C[C@@H](C(F)(F)F)C[C@H]1c1nc2ccc(-c3ccc(-c4ccc5nc([C@@H]6C[C@H](C(F)(F)F)CN6C(=O)[C@@H](NC(=O)OC)C(C)C)[nH]c5c4)cc3)cc2[nH]1)C(C)C. The maximum atomic E-state index is 14.1. The van der Waals surface area contributed by atoms with Crippen LogP contribution in [-0.4, -0.2) is 105 Å². The zero-order valence-corrected chi connectivity index (χ0v) is 35.7. The van der Waals surface area contributed by atoms with Gasteiger partial charge in [-0.25, -0.2) is 19.6 Å². The summed E-state index contributed by atoms with van der Waals surface area (Å²) in [6.45, 7) is 5.49. The number of nitrogens with one attached hydrogen (secondary N) is 4. The van der Waals surface area contributed by atoms with Gasteiger partial charge in [0.15, 0.2) is 0 Å². The molecule has 3 aromatic carbocycles. The number of alkyl carbamates (subject to hydrolysis) is 2. The van der Waals surface area contributed by atoms with E-state index in [1.165, 1.54) is 0 Å². The van der Waals surface area contributed by atoms with Gasteiger partial charge in [0.05, 0.1) is 60.2 Å². The number of halogens is 6. The van der Waals surface area contributed by atoms with Gasteiger partial charge >= 0.3 is 24.5 Å². The topological polar surface area (TPSA) is 175 Å². The number of aromatic amines is 2. The summed E-state index contributed by atoms with van der Waals surface area (Å²) in [5, 5.41) is 4.90. The van der Waals surface area contributed by atoms with Gasteiger partial charge in [-0.2, -0.15) is 26.3 Å². The smallest absolute Gasteiger partial charge is 0.407 e. The van der Waals surface area contributed by atoms with E-state index in [0.29, 0.717) is 22.1 Å². The fourth-order valence-electron chi connectivity index (χ4n) is 8.50. The Morgan fingerprint density at radius 2 is 0.953 bits per heavy atom. The number of hydrogen-bond acceptors (Lipinski definition) is 8. The molecule has 2 aliphatic heterocycles. The first-order valence-corrected chi connectivity index (χ1v) is 20.7. The number of carbonyl (C=O) groups is 4. The lowest BCUT2D eigenvalue weighted by Gasteiger charge is -2.30. The monoisotopic (exact) mass is 898 g/mol. The molecular formula is C44H48F6N8O6. The summed E-state index contributed by atoms with van der Waals surface area (Å²) in [6.07, 6.45) is -11.7. The van der Waals surface area contributed by atoms with E-state index in [0.717, 1.165) is 46.3 Å². The fraction of sp³-hybridized carbons (Fsp3) is 0.455. The van der Waals surface area contributed by atoms with E-state index < -0.39 is 110 Å². The van der Waals surface area contributed by atoms with E-state index in [1.54, 1.807) is 39.8 Å². The predicted molar refractivity (Wildman–Crippen MR) is 222 cm³/mol. The lowest BCUT2D eigenvalue weighted by atomic mass is 10.00. The Balaban J connectivity index is 1.12. The molecule has 0 saturated carbocycles. The van der Waals surface area contributed by atoms with E-state index in [-0.39, 0.29) is 11.6 Å². The van der Waals surface area contributed by atoms with Crippen molar-refractivity contribution in [2.24, 2.45) is 23.7 Å². The Hall–Kier alpha value is -6.34. The second-order valence-electron chi connectivity index (χ2n) is 17.0. The molecule has 342 valence electrons. The van der Waals surface area contributed by atoms with Gasteiger partial charge < -0.3 is 39.9 Å². The van der Waals surface area contributed by atoms with Crippen LogP contribution in [0.5, 0.6) is 0 Å². The number of fused-ring (bicyclic) bond motifs is 2. The third kappa shape index (κ3) is 9.31.